The van der Waals surface area contributed by atoms with Gasteiger partial charge in [-0.25, -0.2) is 8.42 Å². The lowest BCUT2D eigenvalue weighted by molar-refractivity contribution is 0.0723. The zero-order chi connectivity index (χ0) is 22.6. The normalized spacial score (nSPS) is 14.7. The highest BCUT2D eigenvalue weighted by Crippen LogP contribution is 2.29. The number of carbonyl (C=O) groups excluding carboxylic acids is 1. The Kier molecular flexibility index (Phi) is 6.46. The number of carbonyl (C=O) groups is 1. The second-order valence-corrected chi connectivity index (χ2v) is 9.85. The number of para-hydroxylation sites is 2. The Morgan fingerprint density at radius 2 is 1.47 bits per heavy atom. The van der Waals surface area contributed by atoms with Crippen LogP contribution in [0.5, 0.6) is 17.2 Å². The van der Waals surface area contributed by atoms with Crippen LogP contribution in [-0.2, 0) is 9.84 Å². The number of methoxy groups -OCH3 is 1. The quantitative estimate of drug-likeness (QED) is 0.549. The lowest BCUT2D eigenvalue weighted by Gasteiger charge is -2.32. The van der Waals surface area contributed by atoms with Crippen LogP contribution < -0.4 is 9.47 Å². The lowest BCUT2D eigenvalue weighted by Crippen LogP contribution is -2.42. The second-order valence-electron chi connectivity index (χ2n) is 7.62. The predicted octanol–water partition coefficient (Wildman–Crippen LogP) is 4.57. The van der Waals surface area contributed by atoms with Gasteiger partial charge in [-0.1, -0.05) is 30.3 Å². The highest BCUT2D eigenvalue weighted by Gasteiger charge is 2.33. The number of hydrogen-bond donors (Lipinski definition) is 0. The van der Waals surface area contributed by atoms with Crippen LogP contribution >= 0.6 is 0 Å². The van der Waals surface area contributed by atoms with Crippen LogP contribution in [-0.4, -0.2) is 44.7 Å². The minimum Gasteiger partial charge on any atom is -0.497 e. The first-order chi connectivity index (χ1) is 15.5. The van der Waals surface area contributed by atoms with Crippen molar-refractivity contribution in [1.29, 1.82) is 0 Å². The van der Waals surface area contributed by atoms with E-state index in [1.165, 1.54) is 0 Å². The van der Waals surface area contributed by atoms with Gasteiger partial charge in [0.2, 0.25) is 0 Å². The Bertz CT molecular complexity index is 1170. The van der Waals surface area contributed by atoms with Crippen LogP contribution in [0.25, 0.3) is 0 Å². The van der Waals surface area contributed by atoms with E-state index in [1.807, 2.05) is 36.4 Å². The predicted molar refractivity (Wildman–Crippen MR) is 122 cm³/mol. The Balaban J connectivity index is 1.45. The third kappa shape index (κ3) is 4.62. The van der Waals surface area contributed by atoms with Crippen molar-refractivity contribution in [2.45, 2.75) is 23.0 Å². The summed E-state index contributed by atoms with van der Waals surface area (Å²) in [5, 5.41) is -0.518. The largest absolute Gasteiger partial charge is 0.497 e. The van der Waals surface area contributed by atoms with Crippen molar-refractivity contribution in [2.24, 2.45) is 0 Å². The highest BCUT2D eigenvalue weighted by atomic mass is 32.2. The van der Waals surface area contributed by atoms with E-state index in [4.69, 9.17) is 9.47 Å². The summed E-state index contributed by atoms with van der Waals surface area (Å²) in [5.41, 5.74) is 0.466. The Morgan fingerprint density at radius 3 is 2.12 bits per heavy atom. The summed E-state index contributed by atoms with van der Waals surface area (Å²) < 4.78 is 37.1. The molecule has 0 aromatic heterocycles. The molecule has 166 valence electrons. The Hall–Kier alpha value is -3.32. The fraction of sp³-hybridized carbons (Fsp3) is 0.240. The topological polar surface area (TPSA) is 72.9 Å². The maximum atomic E-state index is 13.2. The SMILES string of the molecule is COc1ccc(S(=O)(=O)C2CCN(C(=O)c3ccccc3Oc3ccccc3)CC2)cc1. The van der Waals surface area contributed by atoms with E-state index in [1.54, 1.807) is 54.5 Å². The van der Waals surface area contributed by atoms with E-state index in [2.05, 4.69) is 0 Å². The number of rotatable bonds is 6. The van der Waals surface area contributed by atoms with Crippen molar-refractivity contribution in [3.05, 3.63) is 84.4 Å². The second kappa shape index (κ2) is 9.44. The molecule has 4 rings (SSSR count). The average Bonchev–Trinajstić information content (AvgIpc) is 2.85. The van der Waals surface area contributed by atoms with Crippen molar-refractivity contribution in [2.75, 3.05) is 20.2 Å². The Morgan fingerprint density at radius 1 is 0.844 bits per heavy atom. The summed E-state index contributed by atoms with van der Waals surface area (Å²) in [7, 11) is -1.93. The minimum atomic E-state index is -3.47. The number of sulfone groups is 1. The van der Waals surface area contributed by atoms with Crippen molar-refractivity contribution >= 4 is 15.7 Å². The van der Waals surface area contributed by atoms with Gasteiger partial charge in [0.15, 0.2) is 9.84 Å². The third-order valence-corrected chi connectivity index (χ3v) is 7.92. The minimum absolute atomic E-state index is 0.156. The smallest absolute Gasteiger partial charge is 0.257 e. The molecule has 0 N–H and O–H groups in total. The number of ether oxygens (including phenoxy) is 2. The zero-order valence-electron chi connectivity index (χ0n) is 17.8. The molecule has 0 spiro atoms. The van der Waals surface area contributed by atoms with E-state index < -0.39 is 15.1 Å². The van der Waals surface area contributed by atoms with Crippen LogP contribution in [0, 0.1) is 0 Å². The summed E-state index contributed by atoms with van der Waals surface area (Å²) >= 11 is 0. The maximum absolute atomic E-state index is 13.2. The number of nitrogens with zero attached hydrogens (tertiary/aromatic N) is 1. The highest BCUT2D eigenvalue weighted by molar-refractivity contribution is 7.92. The van der Waals surface area contributed by atoms with E-state index in [-0.39, 0.29) is 10.8 Å². The number of piperidine rings is 1. The molecule has 1 saturated heterocycles. The molecule has 3 aromatic rings. The fourth-order valence-corrected chi connectivity index (χ4v) is 5.58. The van der Waals surface area contributed by atoms with Crippen LogP contribution in [0.4, 0.5) is 0 Å². The van der Waals surface area contributed by atoms with Gasteiger partial charge in [-0.15, -0.1) is 0 Å². The monoisotopic (exact) mass is 451 g/mol. The van der Waals surface area contributed by atoms with Gasteiger partial charge >= 0.3 is 0 Å². The zero-order valence-corrected chi connectivity index (χ0v) is 18.6. The van der Waals surface area contributed by atoms with Crippen LogP contribution in [0.3, 0.4) is 0 Å². The fourth-order valence-electron chi connectivity index (χ4n) is 3.85. The van der Waals surface area contributed by atoms with Gasteiger partial charge < -0.3 is 14.4 Å². The van der Waals surface area contributed by atoms with Crippen LogP contribution in [0.2, 0.25) is 0 Å². The number of likely N-dealkylation sites (tertiary alicyclic amines) is 1. The van der Waals surface area contributed by atoms with Crippen molar-refractivity contribution < 1.29 is 22.7 Å². The van der Waals surface area contributed by atoms with Gasteiger partial charge in [-0.3, -0.25) is 4.79 Å². The van der Waals surface area contributed by atoms with E-state index >= 15 is 0 Å². The molecule has 0 saturated carbocycles. The molecule has 3 aromatic carbocycles. The first kappa shape index (κ1) is 21.9. The first-order valence-electron chi connectivity index (χ1n) is 10.5. The number of hydrogen-bond acceptors (Lipinski definition) is 5. The Labute approximate surface area is 188 Å². The average molecular weight is 452 g/mol. The number of amides is 1. The summed E-state index contributed by atoms with van der Waals surface area (Å²) in [4.78, 5) is 15.2. The summed E-state index contributed by atoms with van der Waals surface area (Å²) in [6.07, 6.45) is 0.781. The van der Waals surface area contributed by atoms with Gasteiger partial charge in [0.1, 0.15) is 17.2 Å². The molecule has 6 nitrogen and oxygen atoms in total. The van der Waals surface area contributed by atoms with Gasteiger partial charge in [0.05, 0.1) is 22.8 Å². The molecule has 1 aliphatic heterocycles. The van der Waals surface area contributed by atoms with Crippen molar-refractivity contribution in [1.82, 2.24) is 4.90 Å². The van der Waals surface area contributed by atoms with Gasteiger partial charge in [-0.2, -0.15) is 0 Å². The first-order valence-corrected chi connectivity index (χ1v) is 12.0. The number of benzene rings is 3. The molecule has 32 heavy (non-hydrogen) atoms. The molecule has 1 aliphatic rings. The van der Waals surface area contributed by atoms with Crippen LogP contribution in [0.15, 0.2) is 83.8 Å². The van der Waals surface area contributed by atoms with Gasteiger partial charge in [0.25, 0.3) is 5.91 Å². The van der Waals surface area contributed by atoms with E-state index in [9.17, 15) is 13.2 Å². The molecule has 0 radical (unpaired) electrons. The molecular weight excluding hydrogens is 426 g/mol. The summed E-state index contributed by atoms with van der Waals surface area (Å²) in [6.45, 7) is 0.747. The molecule has 0 unspecified atom stereocenters. The molecule has 0 aliphatic carbocycles. The molecule has 0 atom stereocenters. The van der Waals surface area contributed by atoms with Crippen molar-refractivity contribution in [3.8, 4) is 17.2 Å². The molecule has 1 fully saturated rings. The summed E-state index contributed by atoms with van der Waals surface area (Å²) in [6, 6.07) is 22.9. The standard InChI is InChI=1S/C25H25NO5S/c1-30-19-11-13-21(14-12-19)32(28,29)22-15-17-26(18-16-22)25(27)23-9-5-6-10-24(23)31-20-7-3-2-4-8-20/h2-14,22H,15-18H2,1H3. The van der Waals surface area contributed by atoms with Crippen LogP contribution in [0.1, 0.15) is 23.2 Å². The molecule has 1 heterocycles. The summed E-state index contributed by atoms with van der Waals surface area (Å²) in [5.74, 6) is 1.59. The van der Waals surface area contributed by atoms with Gasteiger partial charge in [0, 0.05) is 13.1 Å². The molecule has 0 bridgehead atoms. The van der Waals surface area contributed by atoms with Gasteiger partial charge in [-0.05, 0) is 61.4 Å². The van der Waals surface area contributed by atoms with E-state index in [0.717, 1.165) is 0 Å². The maximum Gasteiger partial charge on any atom is 0.257 e. The molecule has 7 heteroatoms. The van der Waals surface area contributed by atoms with Crippen molar-refractivity contribution in [3.63, 3.8) is 0 Å². The molecule has 1 amide bonds. The molecular formula is C25H25NO5S. The van der Waals surface area contributed by atoms with E-state index in [0.29, 0.717) is 48.7 Å². The third-order valence-electron chi connectivity index (χ3n) is 5.64. The lowest BCUT2D eigenvalue weighted by atomic mass is 10.1.